The molecule has 1 aliphatic heterocycles. The van der Waals surface area contributed by atoms with Gasteiger partial charge in [-0.25, -0.2) is 4.99 Å². The molecule has 1 aliphatic rings. The standard InChI is InChI=1S/C20H35N5/c1-4-21-20(23-15-18-11-7-8-12-22-18)24-16-19(17(2)3)25-13-9-5-6-10-14-25/h7-8,11-12,17,19H,4-6,9-10,13-16H2,1-3H3,(H2,21,23,24). The van der Waals surface area contributed by atoms with Crippen LogP contribution in [0.15, 0.2) is 29.4 Å². The van der Waals surface area contributed by atoms with Crippen LogP contribution in [-0.2, 0) is 6.54 Å². The van der Waals surface area contributed by atoms with Crippen LogP contribution in [0.3, 0.4) is 0 Å². The van der Waals surface area contributed by atoms with E-state index in [-0.39, 0.29) is 0 Å². The molecule has 1 aromatic rings. The lowest BCUT2D eigenvalue weighted by Gasteiger charge is -2.34. The summed E-state index contributed by atoms with van der Waals surface area (Å²) in [6.07, 6.45) is 7.24. The van der Waals surface area contributed by atoms with Crippen molar-refractivity contribution in [1.82, 2.24) is 20.5 Å². The highest BCUT2D eigenvalue weighted by Gasteiger charge is 2.22. The minimum Gasteiger partial charge on any atom is -0.357 e. The number of likely N-dealkylation sites (tertiary alicyclic amines) is 1. The third-order valence-electron chi connectivity index (χ3n) is 4.83. The van der Waals surface area contributed by atoms with Gasteiger partial charge in [0.2, 0.25) is 0 Å². The first-order chi connectivity index (χ1) is 12.2. The van der Waals surface area contributed by atoms with Gasteiger partial charge >= 0.3 is 0 Å². The van der Waals surface area contributed by atoms with Crippen molar-refractivity contribution in [2.45, 2.75) is 59.0 Å². The second-order valence-corrected chi connectivity index (χ2v) is 7.16. The average Bonchev–Trinajstić information content (AvgIpc) is 2.90. The SMILES string of the molecule is CCNC(=NCc1ccccn1)NCC(C(C)C)N1CCCCCC1. The first kappa shape index (κ1) is 19.7. The van der Waals surface area contributed by atoms with Crippen molar-refractivity contribution in [3.8, 4) is 0 Å². The molecular formula is C20H35N5. The van der Waals surface area contributed by atoms with Gasteiger partial charge in [-0.15, -0.1) is 0 Å². The van der Waals surface area contributed by atoms with Crippen LogP contribution in [0, 0.1) is 5.92 Å². The molecule has 2 N–H and O–H groups in total. The van der Waals surface area contributed by atoms with Crippen molar-refractivity contribution in [2.24, 2.45) is 10.9 Å². The first-order valence-corrected chi connectivity index (χ1v) is 9.87. The molecule has 0 spiro atoms. The second kappa shape index (κ2) is 11.1. The van der Waals surface area contributed by atoms with Gasteiger partial charge in [0.25, 0.3) is 0 Å². The summed E-state index contributed by atoms with van der Waals surface area (Å²) in [7, 11) is 0. The Morgan fingerprint density at radius 2 is 1.92 bits per heavy atom. The quantitative estimate of drug-likeness (QED) is 0.589. The number of hydrogen-bond acceptors (Lipinski definition) is 3. The summed E-state index contributed by atoms with van der Waals surface area (Å²) < 4.78 is 0. The van der Waals surface area contributed by atoms with Crippen LogP contribution in [0.1, 0.15) is 52.1 Å². The lowest BCUT2D eigenvalue weighted by atomic mass is 10.0. The van der Waals surface area contributed by atoms with Crippen LogP contribution in [0.4, 0.5) is 0 Å². The Bertz CT molecular complexity index is 492. The van der Waals surface area contributed by atoms with E-state index in [1.54, 1.807) is 0 Å². The van der Waals surface area contributed by atoms with Crippen molar-refractivity contribution in [3.63, 3.8) is 0 Å². The Hall–Kier alpha value is -1.62. The van der Waals surface area contributed by atoms with Crippen LogP contribution in [-0.4, -0.2) is 48.1 Å². The molecule has 0 bridgehead atoms. The number of rotatable bonds is 7. The van der Waals surface area contributed by atoms with Crippen LogP contribution >= 0.6 is 0 Å². The summed E-state index contributed by atoms with van der Waals surface area (Å²) >= 11 is 0. The van der Waals surface area contributed by atoms with Gasteiger partial charge in [-0.3, -0.25) is 9.88 Å². The number of nitrogens with zero attached hydrogens (tertiary/aromatic N) is 3. The maximum Gasteiger partial charge on any atom is 0.191 e. The molecule has 1 atom stereocenters. The van der Waals surface area contributed by atoms with Crippen molar-refractivity contribution in [2.75, 3.05) is 26.2 Å². The maximum atomic E-state index is 4.69. The van der Waals surface area contributed by atoms with Gasteiger partial charge in [-0.05, 0) is 50.9 Å². The Labute approximate surface area is 153 Å². The fourth-order valence-electron chi connectivity index (χ4n) is 3.41. The van der Waals surface area contributed by atoms with E-state index in [4.69, 9.17) is 4.99 Å². The average molecular weight is 346 g/mol. The Balaban J connectivity index is 1.94. The van der Waals surface area contributed by atoms with Crippen molar-refractivity contribution in [1.29, 1.82) is 0 Å². The number of pyridine rings is 1. The summed E-state index contributed by atoms with van der Waals surface area (Å²) in [6, 6.07) is 6.51. The summed E-state index contributed by atoms with van der Waals surface area (Å²) in [5, 5.41) is 6.91. The van der Waals surface area contributed by atoms with Crippen molar-refractivity contribution >= 4 is 5.96 Å². The predicted molar refractivity (Wildman–Crippen MR) is 106 cm³/mol. The summed E-state index contributed by atoms with van der Waals surface area (Å²) in [6.45, 7) is 11.6. The number of aliphatic imine (C=N–C) groups is 1. The summed E-state index contributed by atoms with van der Waals surface area (Å²) in [5.41, 5.74) is 0.993. The van der Waals surface area contributed by atoms with Crippen LogP contribution in [0.25, 0.3) is 0 Å². The lowest BCUT2D eigenvalue weighted by Crippen LogP contribution is -2.49. The van der Waals surface area contributed by atoms with E-state index in [0.717, 1.165) is 24.7 Å². The topological polar surface area (TPSA) is 52.6 Å². The minimum atomic E-state index is 0.553. The fourth-order valence-corrected chi connectivity index (χ4v) is 3.41. The smallest absolute Gasteiger partial charge is 0.191 e. The third kappa shape index (κ3) is 7.02. The molecule has 140 valence electrons. The first-order valence-electron chi connectivity index (χ1n) is 9.87. The normalized spacial score (nSPS) is 18.0. The highest BCUT2D eigenvalue weighted by molar-refractivity contribution is 5.79. The molecule has 5 heteroatoms. The number of guanidine groups is 1. The molecule has 0 aromatic carbocycles. The molecule has 1 fully saturated rings. The molecule has 25 heavy (non-hydrogen) atoms. The highest BCUT2D eigenvalue weighted by atomic mass is 15.2. The Morgan fingerprint density at radius 3 is 2.52 bits per heavy atom. The number of aromatic nitrogens is 1. The van der Waals surface area contributed by atoms with Gasteiger partial charge in [0, 0.05) is 25.3 Å². The third-order valence-corrected chi connectivity index (χ3v) is 4.83. The van der Waals surface area contributed by atoms with E-state index in [1.165, 1.54) is 38.8 Å². The van der Waals surface area contributed by atoms with Gasteiger partial charge < -0.3 is 10.6 Å². The van der Waals surface area contributed by atoms with E-state index >= 15 is 0 Å². The molecular weight excluding hydrogens is 310 g/mol. The summed E-state index contributed by atoms with van der Waals surface area (Å²) in [5.74, 6) is 1.51. The van der Waals surface area contributed by atoms with Gasteiger partial charge in [-0.1, -0.05) is 32.8 Å². The lowest BCUT2D eigenvalue weighted by molar-refractivity contribution is 0.161. The number of hydrogen-bond donors (Lipinski definition) is 2. The van der Waals surface area contributed by atoms with E-state index < -0.39 is 0 Å². The van der Waals surface area contributed by atoms with E-state index in [9.17, 15) is 0 Å². The predicted octanol–water partition coefficient (Wildman–Crippen LogP) is 3.04. The molecule has 2 rings (SSSR count). The molecule has 0 amide bonds. The molecule has 1 aromatic heterocycles. The molecule has 0 radical (unpaired) electrons. The highest BCUT2D eigenvalue weighted by Crippen LogP contribution is 2.17. The zero-order valence-corrected chi connectivity index (χ0v) is 16.2. The minimum absolute atomic E-state index is 0.553. The van der Waals surface area contributed by atoms with E-state index in [1.807, 2.05) is 24.4 Å². The molecule has 2 heterocycles. The fraction of sp³-hybridized carbons (Fsp3) is 0.700. The maximum absolute atomic E-state index is 4.69. The van der Waals surface area contributed by atoms with Crippen LogP contribution in [0.2, 0.25) is 0 Å². The van der Waals surface area contributed by atoms with E-state index in [0.29, 0.717) is 18.5 Å². The molecule has 1 unspecified atom stereocenters. The van der Waals surface area contributed by atoms with Gasteiger partial charge in [0.15, 0.2) is 5.96 Å². The van der Waals surface area contributed by atoms with Crippen LogP contribution < -0.4 is 10.6 Å². The van der Waals surface area contributed by atoms with Crippen molar-refractivity contribution < 1.29 is 0 Å². The monoisotopic (exact) mass is 345 g/mol. The molecule has 0 aliphatic carbocycles. The number of nitrogens with one attached hydrogen (secondary N) is 2. The molecule has 5 nitrogen and oxygen atoms in total. The zero-order valence-electron chi connectivity index (χ0n) is 16.2. The Kier molecular flexibility index (Phi) is 8.73. The van der Waals surface area contributed by atoms with Crippen LogP contribution in [0.5, 0.6) is 0 Å². The van der Waals surface area contributed by atoms with Crippen molar-refractivity contribution in [3.05, 3.63) is 30.1 Å². The Morgan fingerprint density at radius 1 is 1.16 bits per heavy atom. The van der Waals surface area contributed by atoms with E-state index in [2.05, 4.69) is 41.3 Å². The second-order valence-electron chi connectivity index (χ2n) is 7.16. The van der Waals surface area contributed by atoms with Gasteiger partial charge in [-0.2, -0.15) is 0 Å². The zero-order chi connectivity index (χ0) is 17.9. The molecule has 1 saturated heterocycles. The van der Waals surface area contributed by atoms with Gasteiger partial charge in [0.1, 0.15) is 0 Å². The molecule has 0 saturated carbocycles. The summed E-state index contributed by atoms with van der Waals surface area (Å²) in [4.78, 5) is 11.7. The largest absolute Gasteiger partial charge is 0.357 e. The van der Waals surface area contributed by atoms with Gasteiger partial charge in [0.05, 0.1) is 12.2 Å².